The molecule has 116 valence electrons. The van der Waals surface area contributed by atoms with Crippen molar-refractivity contribution in [2.45, 2.75) is 31.1 Å². The molecule has 3 aliphatic carbocycles. The number of hydrogen-bond acceptors (Lipinski definition) is 4. The first-order valence-corrected chi connectivity index (χ1v) is 7.49. The molecular weight excluding hydrogens is 296 g/mol. The molecule has 0 spiro atoms. The number of non-ortho nitro benzene ring substituents is 2. The SMILES string of the molecule is CC12CCC(c3cc([N+](=O)[O-])ccc31)c1ccc([N+](=O)[O-])cc12. The first-order chi connectivity index (χ1) is 10.9. The number of hydrogen-bond donors (Lipinski definition) is 0. The first kappa shape index (κ1) is 13.9. The highest BCUT2D eigenvalue weighted by molar-refractivity contribution is 5.62. The minimum atomic E-state index is -0.373. The largest absolute Gasteiger partial charge is 0.269 e. The summed E-state index contributed by atoms with van der Waals surface area (Å²) in [4.78, 5) is 21.4. The van der Waals surface area contributed by atoms with E-state index in [9.17, 15) is 20.2 Å². The van der Waals surface area contributed by atoms with Gasteiger partial charge in [-0.05, 0) is 35.1 Å². The molecule has 0 N–H and O–H groups in total. The summed E-state index contributed by atoms with van der Waals surface area (Å²) in [6, 6.07) is 10.0. The minimum Gasteiger partial charge on any atom is -0.258 e. The van der Waals surface area contributed by atoms with Crippen molar-refractivity contribution in [1.82, 2.24) is 0 Å². The maximum atomic E-state index is 11.1. The quantitative estimate of drug-likeness (QED) is 0.618. The van der Waals surface area contributed by atoms with E-state index in [1.54, 1.807) is 12.1 Å². The third kappa shape index (κ3) is 1.75. The van der Waals surface area contributed by atoms with Gasteiger partial charge in [0.05, 0.1) is 9.85 Å². The zero-order valence-corrected chi connectivity index (χ0v) is 12.5. The summed E-state index contributed by atoms with van der Waals surface area (Å²) in [5, 5.41) is 22.2. The summed E-state index contributed by atoms with van der Waals surface area (Å²) < 4.78 is 0. The van der Waals surface area contributed by atoms with Crippen molar-refractivity contribution in [3.63, 3.8) is 0 Å². The van der Waals surface area contributed by atoms with E-state index in [1.165, 1.54) is 12.1 Å². The van der Waals surface area contributed by atoms with Gasteiger partial charge in [-0.15, -0.1) is 0 Å². The monoisotopic (exact) mass is 310 g/mol. The van der Waals surface area contributed by atoms with Crippen LogP contribution in [0.25, 0.3) is 0 Å². The molecule has 0 fully saturated rings. The van der Waals surface area contributed by atoms with Crippen LogP contribution in [0.3, 0.4) is 0 Å². The molecule has 23 heavy (non-hydrogen) atoms. The average molecular weight is 310 g/mol. The molecule has 0 amide bonds. The van der Waals surface area contributed by atoms with E-state index in [-0.39, 0.29) is 32.6 Å². The number of fused-ring (bicyclic) bond motifs is 1. The van der Waals surface area contributed by atoms with Crippen LogP contribution < -0.4 is 0 Å². The minimum absolute atomic E-state index is 0.0857. The van der Waals surface area contributed by atoms with Crippen LogP contribution >= 0.6 is 0 Å². The second kappa shape index (κ2) is 4.38. The fraction of sp³-hybridized carbons (Fsp3) is 0.294. The van der Waals surface area contributed by atoms with Crippen molar-refractivity contribution in [1.29, 1.82) is 0 Å². The Morgan fingerprint density at radius 3 is 2.30 bits per heavy atom. The molecule has 2 atom stereocenters. The number of rotatable bonds is 2. The highest BCUT2D eigenvalue weighted by Crippen LogP contribution is 2.57. The van der Waals surface area contributed by atoms with E-state index in [0.717, 1.165) is 35.1 Å². The standard InChI is InChI=1S/C17H14N2O4/c1-17-7-6-12(13-4-2-11(19(22)23)9-16(13)17)14-8-10(18(20)21)3-5-15(14)17/h2-5,8-9,12H,6-7H2,1H3. The lowest BCUT2D eigenvalue weighted by molar-refractivity contribution is -0.385. The molecule has 0 aliphatic heterocycles. The lowest BCUT2D eigenvalue weighted by atomic mass is 9.56. The van der Waals surface area contributed by atoms with Gasteiger partial charge in [0.15, 0.2) is 0 Å². The molecule has 5 rings (SSSR count). The summed E-state index contributed by atoms with van der Waals surface area (Å²) in [5.74, 6) is 0.0857. The molecule has 6 heteroatoms. The van der Waals surface area contributed by atoms with Crippen molar-refractivity contribution in [3.05, 3.63) is 78.9 Å². The predicted molar refractivity (Wildman–Crippen MR) is 83.7 cm³/mol. The van der Waals surface area contributed by atoms with Crippen LogP contribution in [-0.2, 0) is 5.41 Å². The van der Waals surface area contributed by atoms with E-state index in [1.807, 2.05) is 12.1 Å². The zero-order chi connectivity index (χ0) is 16.4. The molecule has 2 bridgehead atoms. The molecule has 0 radical (unpaired) electrons. The second-order valence-corrected chi connectivity index (χ2v) is 6.48. The molecule has 2 unspecified atom stereocenters. The third-order valence-electron chi connectivity index (χ3n) is 5.37. The fourth-order valence-corrected chi connectivity index (χ4v) is 4.22. The molecule has 6 nitrogen and oxygen atoms in total. The van der Waals surface area contributed by atoms with Crippen LogP contribution in [0.15, 0.2) is 36.4 Å². The Labute approximate surface area is 132 Å². The molecule has 0 saturated heterocycles. The zero-order valence-electron chi connectivity index (χ0n) is 12.5. The Morgan fingerprint density at radius 2 is 1.61 bits per heavy atom. The van der Waals surface area contributed by atoms with Gasteiger partial charge in [0.25, 0.3) is 11.4 Å². The Hall–Kier alpha value is -2.76. The molecule has 2 aromatic carbocycles. The van der Waals surface area contributed by atoms with Gasteiger partial charge in [0, 0.05) is 35.6 Å². The van der Waals surface area contributed by atoms with Gasteiger partial charge in [0.1, 0.15) is 0 Å². The number of nitrogens with zero attached hydrogens (tertiary/aromatic N) is 2. The summed E-state index contributed by atoms with van der Waals surface area (Å²) in [5.41, 5.74) is 3.99. The predicted octanol–water partition coefficient (Wildman–Crippen LogP) is 4.05. The normalized spacial score (nSPS) is 24.0. The highest BCUT2D eigenvalue weighted by Gasteiger charge is 2.46. The highest BCUT2D eigenvalue weighted by atomic mass is 16.6. The molecule has 3 aliphatic rings. The van der Waals surface area contributed by atoms with Gasteiger partial charge < -0.3 is 0 Å². The number of nitro groups is 2. The Kier molecular flexibility index (Phi) is 2.64. The van der Waals surface area contributed by atoms with Crippen molar-refractivity contribution in [3.8, 4) is 0 Å². The van der Waals surface area contributed by atoms with Crippen molar-refractivity contribution < 1.29 is 9.85 Å². The van der Waals surface area contributed by atoms with Crippen LogP contribution in [0.4, 0.5) is 11.4 Å². The van der Waals surface area contributed by atoms with E-state index >= 15 is 0 Å². The summed E-state index contributed by atoms with van der Waals surface area (Å²) in [6.07, 6.45) is 1.81. The fourth-order valence-electron chi connectivity index (χ4n) is 4.22. The summed E-state index contributed by atoms with van der Waals surface area (Å²) >= 11 is 0. The Morgan fingerprint density at radius 1 is 0.957 bits per heavy atom. The molecule has 0 heterocycles. The average Bonchev–Trinajstić information content (AvgIpc) is 2.54. The molecular formula is C17H14N2O4. The molecule has 0 aromatic heterocycles. The first-order valence-electron chi connectivity index (χ1n) is 7.49. The number of benzene rings is 2. The van der Waals surface area contributed by atoms with Crippen LogP contribution in [-0.4, -0.2) is 9.85 Å². The number of nitro benzene ring substituents is 2. The lowest BCUT2D eigenvalue weighted by Crippen LogP contribution is -2.37. The Bertz CT molecular complexity index is 877. The Balaban J connectivity index is 1.96. The van der Waals surface area contributed by atoms with Crippen LogP contribution in [0.2, 0.25) is 0 Å². The van der Waals surface area contributed by atoms with Crippen molar-refractivity contribution >= 4 is 11.4 Å². The topological polar surface area (TPSA) is 86.3 Å². The second-order valence-electron chi connectivity index (χ2n) is 6.48. The van der Waals surface area contributed by atoms with Crippen LogP contribution in [0, 0.1) is 20.2 Å². The molecule has 0 saturated carbocycles. The molecule has 2 aromatic rings. The maximum Gasteiger partial charge on any atom is 0.269 e. The van der Waals surface area contributed by atoms with Gasteiger partial charge in [-0.1, -0.05) is 19.1 Å². The van der Waals surface area contributed by atoms with Gasteiger partial charge in [-0.2, -0.15) is 0 Å². The lowest BCUT2D eigenvalue weighted by Gasteiger charge is -2.47. The third-order valence-corrected chi connectivity index (χ3v) is 5.37. The summed E-state index contributed by atoms with van der Waals surface area (Å²) in [7, 11) is 0. The van der Waals surface area contributed by atoms with E-state index in [2.05, 4.69) is 6.92 Å². The van der Waals surface area contributed by atoms with Gasteiger partial charge in [-0.25, -0.2) is 0 Å². The van der Waals surface area contributed by atoms with Gasteiger partial charge in [0.2, 0.25) is 0 Å². The maximum absolute atomic E-state index is 11.1. The summed E-state index contributed by atoms with van der Waals surface area (Å²) in [6.45, 7) is 2.08. The van der Waals surface area contributed by atoms with Crippen molar-refractivity contribution in [2.75, 3.05) is 0 Å². The van der Waals surface area contributed by atoms with Crippen LogP contribution in [0.1, 0.15) is 47.9 Å². The van der Waals surface area contributed by atoms with Crippen molar-refractivity contribution in [2.24, 2.45) is 0 Å². The smallest absolute Gasteiger partial charge is 0.258 e. The van der Waals surface area contributed by atoms with Crippen LogP contribution in [0.5, 0.6) is 0 Å². The van der Waals surface area contributed by atoms with E-state index in [4.69, 9.17) is 0 Å². The van der Waals surface area contributed by atoms with E-state index < -0.39 is 0 Å². The van der Waals surface area contributed by atoms with E-state index in [0.29, 0.717) is 0 Å². The van der Waals surface area contributed by atoms with Gasteiger partial charge in [-0.3, -0.25) is 20.2 Å². The van der Waals surface area contributed by atoms with Gasteiger partial charge >= 0.3 is 0 Å².